The summed E-state index contributed by atoms with van der Waals surface area (Å²) in [5, 5.41) is 10.6. The van der Waals surface area contributed by atoms with E-state index in [0.717, 1.165) is 6.07 Å². The Bertz CT molecular complexity index is 754. The lowest BCUT2D eigenvalue weighted by Gasteiger charge is -2.07. The molecule has 0 aromatic heterocycles. The Hall–Kier alpha value is -2.61. The number of rotatable bonds is 5. The molecular formula is C13H11NO6S. The molecule has 2 rings (SSSR count). The van der Waals surface area contributed by atoms with E-state index >= 15 is 0 Å². The summed E-state index contributed by atoms with van der Waals surface area (Å²) in [5.74, 6) is 0.379. The molecule has 0 fully saturated rings. The van der Waals surface area contributed by atoms with Gasteiger partial charge in [-0.15, -0.1) is 0 Å². The fraction of sp³-hybridized carbons (Fsp3) is 0.0769. The van der Waals surface area contributed by atoms with Gasteiger partial charge >= 0.3 is 10.1 Å². The van der Waals surface area contributed by atoms with Crippen molar-refractivity contribution in [3.8, 4) is 11.5 Å². The van der Waals surface area contributed by atoms with Crippen molar-refractivity contribution in [3.63, 3.8) is 0 Å². The van der Waals surface area contributed by atoms with Crippen LogP contribution in [0.2, 0.25) is 0 Å². The summed E-state index contributed by atoms with van der Waals surface area (Å²) < 4.78 is 33.9. The molecule has 0 amide bonds. The van der Waals surface area contributed by atoms with Crippen LogP contribution < -0.4 is 8.92 Å². The molecule has 0 unspecified atom stereocenters. The van der Waals surface area contributed by atoms with Gasteiger partial charge in [-0.2, -0.15) is 8.42 Å². The first-order valence-electron chi connectivity index (χ1n) is 5.75. The summed E-state index contributed by atoms with van der Waals surface area (Å²) in [4.78, 5) is 9.94. The molecule has 0 atom stereocenters. The first kappa shape index (κ1) is 14.8. The number of non-ortho nitro benzene ring substituents is 1. The lowest BCUT2D eigenvalue weighted by Crippen LogP contribution is -2.09. The van der Waals surface area contributed by atoms with Crippen LogP contribution in [0.4, 0.5) is 5.69 Å². The van der Waals surface area contributed by atoms with Gasteiger partial charge in [-0.3, -0.25) is 10.1 Å². The minimum absolute atomic E-state index is 0.0743. The van der Waals surface area contributed by atoms with Crippen LogP contribution in [0, 0.1) is 10.1 Å². The first-order chi connectivity index (χ1) is 9.92. The molecule has 0 saturated carbocycles. The zero-order valence-electron chi connectivity index (χ0n) is 10.9. The van der Waals surface area contributed by atoms with Crippen LogP contribution in [0.3, 0.4) is 0 Å². The minimum atomic E-state index is -4.06. The van der Waals surface area contributed by atoms with Gasteiger partial charge in [0.1, 0.15) is 16.4 Å². The number of nitro groups is 1. The molecule has 0 saturated heterocycles. The average molecular weight is 309 g/mol. The lowest BCUT2D eigenvalue weighted by molar-refractivity contribution is -0.384. The second-order valence-corrected chi connectivity index (χ2v) is 5.51. The molecule has 0 aliphatic heterocycles. The van der Waals surface area contributed by atoms with E-state index in [4.69, 9.17) is 8.92 Å². The van der Waals surface area contributed by atoms with E-state index in [0.29, 0.717) is 5.75 Å². The maximum Gasteiger partial charge on any atom is 0.339 e. The number of hydrogen-bond acceptors (Lipinski definition) is 6. The van der Waals surface area contributed by atoms with Gasteiger partial charge in [0.2, 0.25) is 0 Å². The number of nitrogens with zero attached hydrogens (tertiary/aromatic N) is 1. The molecular weight excluding hydrogens is 298 g/mol. The summed E-state index contributed by atoms with van der Waals surface area (Å²) in [6.45, 7) is 0. The fourth-order valence-electron chi connectivity index (χ4n) is 1.57. The van der Waals surface area contributed by atoms with E-state index in [1.54, 1.807) is 0 Å². The topological polar surface area (TPSA) is 95.7 Å². The Labute approximate surface area is 121 Å². The van der Waals surface area contributed by atoms with Gasteiger partial charge in [0.15, 0.2) is 0 Å². The maximum absolute atomic E-state index is 12.0. The van der Waals surface area contributed by atoms with Crippen molar-refractivity contribution in [2.24, 2.45) is 0 Å². The molecule has 7 nitrogen and oxygen atoms in total. The molecule has 8 heteroatoms. The third-order valence-corrected chi connectivity index (χ3v) is 3.84. The zero-order chi connectivity index (χ0) is 15.5. The van der Waals surface area contributed by atoms with E-state index in [9.17, 15) is 18.5 Å². The quantitative estimate of drug-likeness (QED) is 0.478. The highest BCUT2D eigenvalue weighted by molar-refractivity contribution is 7.87. The second kappa shape index (κ2) is 5.80. The molecule has 21 heavy (non-hydrogen) atoms. The van der Waals surface area contributed by atoms with Crippen molar-refractivity contribution in [2.75, 3.05) is 7.11 Å². The van der Waals surface area contributed by atoms with Gasteiger partial charge in [-0.05, 0) is 30.3 Å². The fourth-order valence-corrected chi connectivity index (χ4v) is 2.49. The standard InChI is InChI=1S/C13H11NO6S/c1-19-11-5-7-13(8-6-11)21(17,18)20-12-4-2-3-10(9-12)14(15)16/h2-9H,1H3. The predicted octanol–water partition coefficient (Wildman–Crippen LogP) is 2.37. The summed E-state index contributed by atoms with van der Waals surface area (Å²) in [5.41, 5.74) is -0.252. The van der Waals surface area contributed by atoms with Crippen molar-refractivity contribution >= 4 is 15.8 Å². The van der Waals surface area contributed by atoms with Crippen LogP contribution in [-0.2, 0) is 10.1 Å². The lowest BCUT2D eigenvalue weighted by atomic mass is 10.3. The van der Waals surface area contributed by atoms with E-state index in [2.05, 4.69) is 0 Å². The Morgan fingerprint density at radius 1 is 1.05 bits per heavy atom. The van der Waals surface area contributed by atoms with E-state index < -0.39 is 15.0 Å². The summed E-state index contributed by atoms with van der Waals surface area (Å²) in [6, 6.07) is 10.6. The highest BCUT2D eigenvalue weighted by Crippen LogP contribution is 2.24. The molecule has 0 N–H and O–H groups in total. The molecule has 0 bridgehead atoms. The molecule has 2 aromatic rings. The van der Waals surface area contributed by atoms with Crippen LogP contribution >= 0.6 is 0 Å². The zero-order valence-corrected chi connectivity index (χ0v) is 11.7. The molecule has 0 spiro atoms. The highest BCUT2D eigenvalue weighted by Gasteiger charge is 2.18. The molecule has 2 aromatic carbocycles. The first-order valence-corrected chi connectivity index (χ1v) is 7.16. The van der Waals surface area contributed by atoms with Gasteiger partial charge in [0.25, 0.3) is 5.69 Å². The molecule has 0 heterocycles. The number of methoxy groups -OCH3 is 1. The van der Waals surface area contributed by atoms with Gasteiger partial charge in [-0.1, -0.05) is 6.07 Å². The van der Waals surface area contributed by atoms with E-state index in [1.165, 1.54) is 49.6 Å². The van der Waals surface area contributed by atoms with Crippen molar-refractivity contribution < 1.29 is 22.3 Å². The molecule has 110 valence electrons. The monoisotopic (exact) mass is 309 g/mol. The second-order valence-electron chi connectivity index (χ2n) is 3.97. The number of nitro benzene ring substituents is 1. The third kappa shape index (κ3) is 3.48. The molecule has 0 radical (unpaired) electrons. The maximum atomic E-state index is 12.0. The van der Waals surface area contributed by atoms with E-state index in [-0.39, 0.29) is 16.3 Å². The van der Waals surface area contributed by atoms with E-state index in [1.807, 2.05) is 0 Å². The normalized spacial score (nSPS) is 10.9. The average Bonchev–Trinajstić information content (AvgIpc) is 2.47. The van der Waals surface area contributed by atoms with Crippen molar-refractivity contribution in [3.05, 3.63) is 58.6 Å². The van der Waals surface area contributed by atoms with Gasteiger partial charge < -0.3 is 8.92 Å². The van der Waals surface area contributed by atoms with Crippen molar-refractivity contribution in [1.29, 1.82) is 0 Å². The number of benzene rings is 2. The Balaban J connectivity index is 2.28. The Morgan fingerprint density at radius 2 is 1.71 bits per heavy atom. The largest absolute Gasteiger partial charge is 0.497 e. The van der Waals surface area contributed by atoms with Gasteiger partial charge in [-0.25, -0.2) is 0 Å². The number of hydrogen-bond donors (Lipinski definition) is 0. The summed E-state index contributed by atoms with van der Waals surface area (Å²) in [7, 11) is -2.60. The van der Waals surface area contributed by atoms with Crippen molar-refractivity contribution in [1.82, 2.24) is 0 Å². The smallest absolute Gasteiger partial charge is 0.339 e. The SMILES string of the molecule is COc1ccc(S(=O)(=O)Oc2cccc([N+](=O)[O-])c2)cc1. The number of ether oxygens (including phenoxy) is 1. The van der Waals surface area contributed by atoms with Crippen LogP contribution in [0.25, 0.3) is 0 Å². The van der Waals surface area contributed by atoms with Crippen LogP contribution in [-0.4, -0.2) is 20.5 Å². The van der Waals surface area contributed by atoms with Crippen LogP contribution in [0.15, 0.2) is 53.4 Å². The minimum Gasteiger partial charge on any atom is -0.497 e. The van der Waals surface area contributed by atoms with Crippen LogP contribution in [0.1, 0.15) is 0 Å². The molecule has 0 aliphatic carbocycles. The molecule has 0 aliphatic rings. The van der Waals surface area contributed by atoms with Gasteiger partial charge in [0, 0.05) is 6.07 Å². The Kier molecular flexibility index (Phi) is 4.08. The van der Waals surface area contributed by atoms with Crippen molar-refractivity contribution in [2.45, 2.75) is 4.90 Å². The third-order valence-electron chi connectivity index (χ3n) is 2.58. The summed E-state index contributed by atoms with van der Waals surface area (Å²) in [6.07, 6.45) is 0. The van der Waals surface area contributed by atoms with Crippen LogP contribution in [0.5, 0.6) is 11.5 Å². The highest BCUT2D eigenvalue weighted by atomic mass is 32.2. The summed E-state index contributed by atoms with van der Waals surface area (Å²) >= 11 is 0. The Morgan fingerprint density at radius 3 is 2.29 bits per heavy atom. The predicted molar refractivity (Wildman–Crippen MR) is 73.9 cm³/mol. The van der Waals surface area contributed by atoms with Gasteiger partial charge in [0.05, 0.1) is 18.1 Å².